The van der Waals surface area contributed by atoms with Crippen LogP contribution in [0.15, 0.2) is 24.3 Å². The summed E-state index contributed by atoms with van der Waals surface area (Å²) in [6.45, 7) is 4.03. The highest BCUT2D eigenvalue weighted by molar-refractivity contribution is 5.69. The predicted molar refractivity (Wildman–Crippen MR) is 109 cm³/mol. The number of anilines is 1. The molecular formula is C20H24N2O11. The first kappa shape index (κ1) is 25.5. The van der Waals surface area contributed by atoms with E-state index < -0.39 is 66.1 Å². The summed E-state index contributed by atoms with van der Waals surface area (Å²) in [5.41, 5.74) is -0.284. The Bertz CT molecular complexity index is 919. The van der Waals surface area contributed by atoms with E-state index in [4.69, 9.17) is 23.7 Å². The molecule has 1 aromatic carbocycles. The second-order valence-corrected chi connectivity index (χ2v) is 7.04. The van der Waals surface area contributed by atoms with Gasteiger partial charge >= 0.3 is 23.9 Å². The van der Waals surface area contributed by atoms with Crippen LogP contribution in [0.25, 0.3) is 0 Å². The Morgan fingerprint density at radius 2 is 1.45 bits per heavy atom. The number of hydrogen-bond acceptors (Lipinski definition) is 12. The fourth-order valence-electron chi connectivity index (χ4n) is 3.25. The molecule has 13 heteroatoms. The molecule has 13 nitrogen and oxygen atoms in total. The van der Waals surface area contributed by atoms with Crippen LogP contribution in [0.2, 0.25) is 0 Å². The molecule has 1 aromatic rings. The van der Waals surface area contributed by atoms with Crippen molar-refractivity contribution in [3.63, 3.8) is 0 Å². The van der Waals surface area contributed by atoms with Crippen LogP contribution in [0, 0.1) is 10.1 Å². The summed E-state index contributed by atoms with van der Waals surface area (Å²) in [5.74, 6) is -2.99. The quantitative estimate of drug-likeness (QED) is 0.250. The highest BCUT2D eigenvalue weighted by Gasteiger charge is 2.52. The molecule has 0 bridgehead atoms. The van der Waals surface area contributed by atoms with E-state index in [9.17, 15) is 29.3 Å². The highest BCUT2D eigenvalue weighted by atomic mass is 16.7. The molecule has 1 aliphatic rings. The fraction of sp³-hybridized carbons (Fsp3) is 0.500. The molecule has 180 valence electrons. The molecule has 0 saturated carbocycles. The van der Waals surface area contributed by atoms with Crippen LogP contribution in [0.5, 0.6) is 0 Å². The molecule has 1 heterocycles. The lowest BCUT2D eigenvalue weighted by Gasteiger charge is -2.44. The van der Waals surface area contributed by atoms with Gasteiger partial charge in [0.2, 0.25) is 0 Å². The Kier molecular flexibility index (Phi) is 8.68. The molecule has 0 aliphatic carbocycles. The summed E-state index contributed by atoms with van der Waals surface area (Å²) in [6, 6.07) is 5.62. The average molecular weight is 468 g/mol. The average Bonchev–Trinajstić information content (AvgIpc) is 2.70. The zero-order valence-corrected chi connectivity index (χ0v) is 18.3. The van der Waals surface area contributed by atoms with E-state index in [-0.39, 0.29) is 11.4 Å². The molecule has 0 spiro atoms. The van der Waals surface area contributed by atoms with E-state index in [1.165, 1.54) is 24.3 Å². The minimum atomic E-state index is -1.39. The molecule has 2 rings (SSSR count). The number of para-hydroxylation sites is 2. The number of nitrogens with zero attached hydrogens (tertiary/aromatic N) is 1. The summed E-state index contributed by atoms with van der Waals surface area (Å²) in [7, 11) is 0. The summed E-state index contributed by atoms with van der Waals surface area (Å²) >= 11 is 0. The number of ether oxygens (including phenoxy) is 5. The molecule has 5 atom stereocenters. The number of hydrogen-bond donors (Lipinski definition) is 1. The molecule has 1 N–H and O–H groups in total. The summed E-state index contributed by atoms with van der Waals surface area (Å²) in [5, 5.41) is 14.2. The van der Waals surface area contributed by atoms with Crippen molar-refractivity contribution in [2.24, 2.45) is 0 Å². The van der Waals surface area contributed by atoms with Crippen LogP contribution in [0.4, 0.5) is 11.4 Å². The number of carbonyl (C=O) groups is 4. The van der Waals surface area contributed by atoms with Crippen molar-refractivity contribution < 1.29 is 47.8 Å². The van der Waals surface area contributed by atoms with Gasteiger partial charge in [0.25, 0.3) is 5.69 Å². The van der Waals surface area contributed by atoms with Crippen molar-refractivity contribution in [2.45, 2.75) is 58.3 Å². The molecule has 1 saturated heterocycles. The number of esters is 4. The van der Waals surface area contributed by atoms with Gasteiger partial charge in [0.15, 0.2) is 24.5 Å². The van der Waals surface area contributed by atoms with Gasteiger partial charge in [-0.1, -0.05) is 12.1 Å². The van der Waals surface area contributed by atoms with Gasteiger partial charge in [-0.25, -0.2) is 0 Å². The standard InChI is InChI=1S/C20H24N2O11/c1-10(23)29-9-16-17(30-11(2)24)18(31-12(3)25)19(32-13(4)26)20(33-16)21-14-7-5-6-8-15(14)22(27)28/h5-8,16-21H,9H2,1-4H3/t16-,17-,18+,19-,20-/m0/s1. The van der Waals surface area contributed by atoms with E-state index in [1.807, 2.05) is 0 Å². The van der Waals surface area contributed by atoms with Crippen LogP contribution in [-0.4, -0.2) is 66.1 Å². The van der Waals surface area contributed by atoms with Crippen molar-refractivity contribution in [1.82, 2.24) is 0 Å². The van der Waals surface area contributed by atoms with Crippen molar-refractivity contribution in [1.29, 1.82) is 0 Å². The lowest BCUT2D eigenvalue weighted by atomic mass is 9.97. The van der Waals surface area contributed by atoms with Gasteiger partial charge < -0.3 is 29.0 Å². The van der Waals surface area contributed by atoms with Gasteiger partial charge in [-0.3, -0.25) is 29.3 Å². The molecule has 1 fully saturated rings. The Hall–Kier alpha value is -3.74. The van der Waals surface area contributed by atoms with Gasteiger partial charge in [-0.2, -0.15) is 0 Å². The number of nitro groups is 1. The van der Waals surface area contributed by atoms with Gasteiger partial charge in [0.05, 0.1) is 4.92 Å². The van der Waals surface area contributed by atoms with Crippen LogP contribution >= 0.6 is 0 Å². The zero-order valence-electron chi connectivity index (χ0n) is 18.3. The number of nitrogens with one attached hydrogen (secondary N) is 1. The second-order valence-electron chi connectivity index (χ2n) is 7.04. The lowest BCUT2D eigenvalue weighted by molar-refractivity contribution is -0.384. The Morgan fingerprint density at radius 1 is 0.909 bits per heavy atom. The third kappa shape index (κ3) is 7.14. The van der Waals surface area contributed by atoms with Crippen molar-refractivity contribution in [2.75, 3.05) is 11.9 Å². The molecule has 33 heavy (non-hydrogen) atoms. The van der Waals surface area contributed by atoms with Crippen LogP contribution in [-0.2, 0) is 42.9 Å². The fourth-order valence-corrected chi connectivity index (χ4v) is 3.25. The Labute approximate surface area is 188 Å². The second kappa shape index (κ2) is 11.2. The summed E-state index contributed by atoms with van der Waals surface area (Å²) in [6.07, 6.45) is -6.58. The zero-order chi connectivity index (χ0) is 24.7. The third-order valence-electron chi connectivity index (χ3n) is 4.39. The lowest BCUT2D eigenvalue weighted by Crippen LogP contribution is -2.64. The van der Waals surface area contributed by atoms with E-state index in [0.717, 1.165) is 27.7 Å². The van der Waals surface area contributed by atoms with Gasteiger partial charge in [0.1, 0.15) is 18.4 Å². The highest BCUT2D eigenvalue weighted by Crippen LogP contribution is 2.32. The predicted octanol–water partition coefficient (Wildman–Crippen LogP) is 1.09. The number of carbonyl (C=O) groups excluding carboxylic acids is 4. The van der Waals surface area contributed by atoms with Crippen molar-refractivity contribution in [3.8, 4) is 0 Å². The maximum absolute atomic E-state index is 11.8. The van der Waals surface area contributed by atoms with Crippen molar-refractivity contribution in [3.05, 3.63) is 34.4 Å². The van der Waals surface area contributed by atoms with E-state index in [0.29, 0.717) is 0 Å². The normalized spacial score (nSPS) is 24.2. The topological polar surface area (TPSA) is 170 Å². The van der Waals surface area contributed by atoms with Gasteiger partial charge in [0, 0.05) is 33.8 Å². The SMILES string of the molecule is CC(=O)OC[C@@H]1O[C@H](Nc2ccccc2[N+](=O)[O-])[C@@H](OC(C)=O)[C@H](OC(C)=O)[C@H]1OC(C)=O. The maximum atomic E-state index is 11.8. The first-order chi connectivity index (χ1) is 15.5. The van der Waals surface area contributed by atoms with Crippen molar-refractivity contribution >= 4 is 35.3 Å². The van der Waals surface area contributed by atoms with E-state index in [1.54, 1.807) is 0 Å². The Balaban J connectivity index is 2.51. The minimum Gasteiger partial charge on any atom is -0.463 e. The third-order valence-corrected chi connectivity index (χ3v) is 4.39. The minimum absolute atomic E-state index is 0.0170. The van der Waals surface area contributed by atoms with E-state index in [2.05, 4.69) is 5.32 Å². The largest absolute Gasteiger partial charge is 0.463 e. The first-order valence-corrected chi connectivity index (χ1v) is 9.80. The van der Waals surface area contributed by atoms with Gasteiger partial charge in [-0.05, 0) is 6.07 Å². The smallest absolute Gasteiger partial charge is 0.303 e. The Morgan fingerprint density at radius 3 is 2.00 bits per heavy atom. The first-order valence-electron chi connectivity index (χ1n) is 9.80. The van der Waals surface area contributed by atoms with Crippen LogP contribution in [0.1, 0.15) is 27.7 Å². The molecule has 0 amide bonds. The molecular weight excluding hydrogens is 444 g/mol. The maximum Gasteiger partial charge on any atom is 0.303 e. The number of nitro benzene ring substituents is 1. The number of benzene rings is 1. The monoisotopic (exact) mass is 468 g/mol. The van der Waals surface area contributed by atoms with Crippen LogP contribution < -0.4 is 5.32 Å². The molecule has 0 unspecified atom stereocenters. The molecule has 0 aromatic heterocycles. The summed E-state index contributed by atoms with van der Waals surface area (Å²) < 4.78 is 26.7. The molecule has 0 radical (unpaired) electrons. The van der Waals surface area contributed by atoms with E-state index >= 15 is 0 Å². The van der Waals surface area contributed by atoms with Gasteiger partial charge in [-0.15, -0.1) is 0 Å². The summed E-state index contributed by atoms with van der Waals surface area (Å²) in [4.78, 5) is 57.5. The number of rotatable bonds is 8. The molecule has 1 aliphatic heterocycles. The van der Waals surface area contributed by atoms with Crippen LogP contribution in [0.3, 0.4) is 0 Å².